The monoisotopic (exact) mass is 297 g/mol. The number of hydrogen-bond acceptors (Lipinski definition) is 3. The smallest absolute Gasteiger partial charge is 0.0728 e. The van der Waals surface area contributed by atoms with Gasteiger partial charge in [-0.1, -0.05) is 32.1 Å². The van der Waals surface area contributed by atoms with Gasteiger partial charge in [0.25, 0.3) is 0 Å². The Balaban J connectivity index is 2.03. The fraction of sp³-hybridized carbons (Fsp3) is 0.615. The Morgan fingerprint density at radius 2 is 2.18 bits per heavy atom. The van der Waals surface area contributed by atoms with Gasteiger partial charge in [-0.05, 0) is 40.4 Å². The summed E-state index contributed by atoms with van der Waals surface area (Å²) in [5.74, 6) is 6.47. The van der Waals surface area contributed by atoms with Crippen LogP contribution in [0.1, 0.15) is 50.3 Å². The van der Waals surface area contributed by atoms with Crippen molar-refractivity contribution in [3.05, 3.63) is 28.5 Å². The van der Waals surface area contributed by atoms with E-state index >= 15 is 0 Å². The number of nitrogens with two attached hydrogens (primary N) is 1. The Morgan fingerprint density at radius 1 is 1.41 bits per heavy atom. The van der Waals surface area contributed by atoms with Gasteiger partial charge in [-0.15, -0.1) is 0 Å². The van der Waals surface area contributed by atoms with Crippen LogP contribution in [-0.4, -0.2) is 4.98 Å². The Kier molecular flexibility index (Phi) is 4.95. The molecule has 1 aromatic heterocycles. The van der Waals surface area contributed by atoms with Crippen molar-refractivity contribution < 1.29 is 0 Å². The standard InChI is InChI=1S/C13H20BrN3/c14-11-7-4-8-16-13(11)12(17-15)9-10-5-2-1-3-6-10/h4,7-8,10,12,17H,1-3,5-6,9,15H2. The van der Waals surface area contributed by atoms with Gasteiger partial charge in [-0.25, -0.2) is 0 Å². The van der Waals surface area contributed by atoms with Gasteiger partial charge >= 0.3 is 0 Å². The summed E-state index contributed by atoms with van der Waals surface area (Å²) in [6.45, 7) is 0. The minimum absolute atomic E-state index is 0.161. The van der Waals surface area contributed by atoms with E-state index < -0.39 is 0 Å². The lowest BCUT2D eigenvalue weighted by Gasteiger charge is -2.26. The van der Waals surface area contributed by atoms with Crippen molar-refractivity contribution in [1.82, 2.24) is 10.4 Å². The lowest BCUT2D eigenvalue weighted by molar-refractivity contribution is 0.298. The van der Waals surface area contributed by atoms with E-state index in [2.05, 4.69) is 26.3 Å². The molecule has 1 saturated carbocycles. The molecule has 1 unspecified atom stereocenters. The lowest BCUT2D eigenvalue weighted by atomic mass is 9.84. The van der Waals surface area contributed by atoms with Crippen LogP contribution in [0.2, 0.25) is 0 Å². The van der Waals surface area contributed by atoms with Crippen LogP contribution in [0.25, 0.3) is 0 Å². The van der Waals surface area contributed by atoms with Crippen molar-refractivity contribution in [3.8, 4) is 0 Å². The molecule has 1 aliphatic rings. The van der Waals surface area contributed by atoms with Crippen molar-refractivity contribution in [2.75, 3.05) is 0 Å². The third-order valence-electron chi connectivity index (χ3n) is 3.61. The Bertz CT molecular complexity index is 350. The fourth-order valence-electron chi connectivity index (χ4n) is 2.67. The van der Waals surface area contributed by atoms with Crippen LogP contribution in [-0.2, 0) is 0 Å². The summed E-state index contributed by atoms with van der Waals surface area (Å²) in [7, 11) is 0. The van der Waals surface area contributed by atoms with Crippen LogP contribution in [0, 0.1) is 5.92 Å². The maximum absolute atomic E-state index is 5.68. The molecule has 0 radical (unpaired) electrons. The Morgan fingerprint density at radius 3 is 2.82 bits per heavy atom. The van der Waals surface area contributed by atoms with E-state index in [1.54, 1.807) is 0 Å². The summed E-state index contributed by atoms with van der Waals surface area (Å²) in [4.78, 5) is 4.43. The van der Waals surface area contributed by atoms with Crippen LogP contribution in [0.3, 0.4) is 0 Å². The Hall–Kier alpha value is -0.450. The predicted molar refractivity (Wildman–Crippen MR) is 73.2 cm³/mol. The molecule has 1 atom stereocenters. The summed E-state index contributed by atoms with van der Waals surface area (Å²) in [6.07, 6.45) is 9.71. The van der Waals surface area contributed by atoms with E-state index in [-0.39, 0.29) is 6.04 Å². The molecule has 0 bridgehead atoms. The zero-order valence-corrected chi connectivity index (χ0v) is 11.6. The molecule has 1 heterocycles. The summed E-state index contributed by atoms with van der Waals surface area (Å²) in [5, 5.41) is 0. The van der Waals surface area contributed by atoms with Gasteiger partial charge in [-0.2, -0.15) is 0 Å². The molecule has 3 N–H and O–H groups in total. The highest BCUT2D eigenvalue weighted by molar-refractivity contribution is 9.10. The second kappa shape index (κ2) is 6.47. The first-order chi connectivity index (χ1) is 8.31. The Labute approximate surface area is 111 Å². The molecule has 0 amide bonds. The molecule has 1 aromatic rings. The molecule has 1 fully saturated rings. The van der Waals surface area contributed by atoms with Crippen molar-refractivity contribution >= 4 is 15.9 Å². The molecule has 4 heteroatoms. The van der Waals surface area contributed by atoms with E-state index in [9.17, 15) is 0 Å². The molecule has 0 aromatic carbocycles. The predicted octanol–water partition coefficient (Wildman–Crippen LogP) is 3.32. The van der Waals surface area contributed by atoms with Gasteiger partial charge in [0.15, 0.2) is 0 Å². The third kappa shape index (κ3) is 3.50. The second-order valence-electron chi connectivity index (χ2n) is 4.83. The highest BCUT2D eigenvalue weighted by atomic mass is 79.9. The van der Waals surface area contributed by atoms with Crippen LogP contribution in [0.5, 0.6) is 0 Å². The fourth-order valence-corrected chi connectivity index (χ4v) is 3.20. The van der Waals surface area contributed by atoms with Crippen molar-refractivity contribution in [2.45, 2.75) is 44.6 Å². The van der Waals surface area contributed by atoms with Gasteiger partial charge < -0.3 is 0 Å². The number of pyridine rings is 1. The summed E-state index contributed by atoms with van der Waals surface area (Å²) >= 11 is 3.54. The van der Waals surface area contributed by atoms with Crippen LogP contribution in [0.4, 0.5) is 0 Å². The van der Waals surface area contributed by atoms with Crippen molar-refractivity contribution in [1.29, 1.82) is 0 Å². The number of nitrogens with one attached hydrogen (secondary N) is 1. The topological polar surface area (TPSA) is 50.9 Å². The molecule has 3 nitrogen and oxygen atoms in total. The third-order valence-corrected chi connectivity index (χ3v) is 4.28. The maximum Gasteiger partial charge on any atom is 0.0728 e. The van der Waals surface area contributed by atoms with Crippen LogP contribution >= 0.6 is 15.9 Å². The zero-order chi connectivity index (χ0) is 12.1. The molecular formula is C13H20BrN3. The number of hydrogen-bond donors (Lipinski definition) is 2. The minimum atomic E-state index is 0.161. The summed E-state index contributed by atoms with van der Waals surface area (Å²) in [6, 6.07) is 4.11. The average Bonchev–Trinajstić information content (AvgIpc) is 2.38. The number of hydrazine groups is 1. The quantitative estimate of drug-likeness (QED) is 0.662. The van der Waals surface area contributed by atoms with Gasteiger partial charge in [0.05, 0.1) is 11.7 Å². The average molecular weight is 298 g/mol. The molecule has 0 aliphatic heterocycles. The molecule has 94 valence electrons. The normalized spacial score (nSPS) is 19.2. The number of rotatable bonds is 4. The van der Waals surface area contributed by atoms with E-state index in [4.69, 9.17) is 5.84 Å². The number of nitrogens with zero attached hydrogens (tertiary/aromatic N) is 1. The zero-order valence-electron chi connectivity index (χ0n) is 10.0. The maximum atomic E-state index is 5.68. The molecular weight excluding hydrogens is 278 g/mol. The minimum Gasteiger partial charge on any atom is -0.271 e. The van der Waals surface area contributed by atoms with E-state index in [0.717, 1.165) is 22.5 Å². The van der Waals surface area contributed by atoms with Gasteiger partial charge in [-0.3, -0.25) is 16.3 Å². The molecule has 17 heavy (non-hydrogen) atoms. The molecule has 2 rings (SSSR count). The van der Waals surface area contributed by atoms with Crippen molar-refractivity contribution in [3.63, 3.8) is 0 Å². The van der Waals surface area contributed by atoms with E-state index in [1.807, 2.05) is 18.3 Å². The number of halogens is 1. The SMILES string of the molecule is NNC(CC1CCCCC1)c1ncccc1Br. The summed E-state index contributed by atoms with van der Waals surface area (Å²) in [5.41, 5.74) is 3.94. The highest BCUT2D eigenvalue weighted by Gasteiger charge is 2.21. The summed E-state index contributed by atoms with van der Waals surface area (Å²) < 4.78 is 1.04. The first-order valence-corrected chi connectivity index (χ1v) is 7.17. The highest BCUT2D eigenvalue weighted by Crippen LogP contribution is 2.32. The van der Waals surface area contributed by atoms with Crippen molar-refractivity contribution in [2.24, 2.45) is 11.8 Å². The van der Waals surface area contributed by atoms with Gasteiger partial charge in [0.2, 0.25) is 0 Å². The van der Waals surface area contributed by atoms with Gasteiger partial charge in [0, 0.05) is 10.7 Å². The first-order valence-electron chi connectivity index (χ1n) is 6.38. The van der Waals surface area contributed by atoms with Crippen LogP contribution in [0.15, 0.2) is 22.8 Å². The van der Waals surface area contributed by atoms with Gasteiger partial charge in [0.1, 0.15) is 0 Å². The largest absolute Gasteiger partial charge is 0.271 e. The van der Waals surface area contributed by atoms with E-state index in [0.29, 0.717) is 0 Å². The first kappa shape index (κ1) is 13.0. The second-order valence-corrected chi connectivity index (χ2v) is 5.68. The lowest BCUT2D eigenvalue weighted by Crippen LogP contribution is -2.31. The van der Waals surface area contributed by atoms with Crippen LogP contribution < -0.4 is 11.3 Å². The number of aromatic nitrogens is 1. The molecule has 0 saturated heterocycles. The molecule has 1 aliphatic carbocycles. The molecule has 0 spiro atoms. The van der Waals surface area contributed by atoms with E-state index in [1.165, 1.54) is 32.1 Å².